The fourth-order valence-electron chi connectivity index (χ4n) is 1.53. The van der Waals surface area contributed by atoms with Crippen LogP contribution in [0.5, 0.6) is 0 Å². The Hall–Kier alpha value is -2.70. The number of carbonyl (C=O) groups excluding carboxylic acids is 1. The molecule has 0 unspecified atom stereocenters. The molecule has 0 saturated heterocycles. The summed E-state index contributed by atoms with van der Waals surface area (Å²) in [6.45, 7) is 0. The Morgan fingerprint density at radius 3 is 2.57 bits per heavy atom. The normalized spacial score (nSPS) is 11.6. The Bertz CT molecular complexity index is 654. The van der Waals surface area contributed by atoms with Crippen molar-refractivity contribution in [2.24, 2.45) is 5.10 Å². The second-order valence-electron chi connectivity index (χ2n) is 4.06. The molecule has 1 aromatic heterocycles. The van der Waals surface area contributed by atoms with Crippen molar-refractivity contribution in [3.8, 4) is 0 Å². The fourth-order valence-corrected chi connectivity index (χ4v) is 1.53. The number of carbonyl (C=O) groups is 1. The molecule has 0 aliphatic carbocycles. The lowest BCUT2D eigenvalue weighted by atomic mass is 10.1. The molecule has 0 saturated carbocycles. The lowest BCUT2D eigenvalue weighted by Crippen LogP contribution is -2.17. The number of halogens is 3. The molecule has 1 heterocycles. The van der Waals surface area contributed by atoms with Crippen LogP contribution < -0.4 is 5.43 Å². The van der Waals surface area contributed by atoms with Crippen molar-refractivity contribution in [1.82, 2.24) is 10.4 Å². The molecular weight excluding hydrogens is 283 g/mol. The van der Waals surface area contributed by atoms with Crippen molar-refractivity contribution in [3.05, 3.63) is 65.5 Å². The Morgan fingerprint density at radius 1 is 1.19 bits per heavy atom. The number of pyridine rings is 1. The van der Waals surface area contributed by atoms with Gasteiger partial charge in [-0.1, -0.05) is 12.1 Å². The van der Waals surface area contributed by atoms with E-state index in [-0.39, 0.29) is 5.56 Å². The monoisotopic (exact) mass is 293 g/mol. The van der Waals surface area contributed by atoms with Crippen LogP contribution in [0, 0.1) is 0 Å². The first-order valence-electron chi connectivity index (χ1n) is 5.87. The van der Waals surface area contributed by atoms with Gasteiger partial charge in [-0.3, -0.25) is 9.78 Å². The molecule has 21 heavy (non-hydrogen) atoms. The SMILES string of the molecule is O=C(N/N=C\c1cccc(C(F)(F)F)c1)c1ccncc1. The van der Waals surface area contributed by atoms with Crippen molar-refractivity contribution < 1.29 is 18.0 Å². The molecule has 108 valence electrons. The van der Waals surface area contributed by atoms with Gasteiger partial charge in [-0.25, -0.2) is 5.43 Å². The van der Waals surface area contributed by atoms with E-state index in [1.54, 1.807) is 0 Å². The van der Waals surface area contributed by atoms with Gasteiger partial charge in [0.15, 0.2) is 0 Å². The fraction of sp³-hybridized carbons (Fsp3) is 0.0714. The van der Waals surface area contributed by atoms with Crippen LogP contribution >= 0.6 is 0 Å². The van der Waals surface area contributed by atoms with Gasteiger partial charge >= 0.3 is 6.18 Å². The maximum atomic E-state index is 12.5. The predicted molar refractivity (Wildman–Crippen MR) is 70.7 cm³/mol. The van der Waals surface area contributed by atoms with E-state index in [0.29, 0.717) is 5.56 Å². The number of amides is 1. The molecule has 4 nitrogen and oxygen atoms in total. The molecule has 0 radical (unpaired) electrons. The Labute approximate surface area is 118 Å². The van der Waals surface area contributed by atoms with Gasteiger partial charge in [0.05, 0.1) is 11.8 Å². The van der Waals surface area contributed by atoms with Gasteiger partial charge in [0.2, 0.25) is 0 Å². The third-order valence-corrected chi connectivity index (χ3v) is 2.54. The van der Waals surface area contributed by atoms with Gasteiger partial charge < -0.3 is 0 Å². The van der Waals surface area contributed by atoms with Crippen molar-refractivity contribution in [3.63, 3.8) is 0 Å². The number of hydrazone groups is 1. The summed E-state index contributed by atoms with van der Waals surface area (Å²) in [5.74, 6) is -0.472. The van der Waals surface area contributed by atoms with Crippen LogP contribution in [-0.4, -0.2) is 17.1 Å². The van der Waals surface area contributed by atoms with Crippen LogP contribution in [-0.2, 0) is 6.18 Å². The molecule has 0 spiro atoms. The van der Waals surface area contributed by atoms with Crippen LogP contribution in [0.3, 0.4) is 0 Å². The number of rotatable bonds is 3. The molecule has 2 rings (SSSR count). The molecule has 0 bridgehead atoms. The summed E-state index contributed by atoms with van der Waals surface area (Å²) in [5.41, 5.74) is 2.04. The predicted octanol–water partition coefficient (Wildman–Crippen LogP) is 2.86. The van der Waals surface area contributed by atoms with Gasteiger partial charge in [-0.15, -0.1) is 0 Å². The number of hydrogen-bond acceptors (Lipinski definition) is 3. The lowest BCUT2D eigenvalue weighted by molar-refractivity contribution is -0.137. The van der Waals surface area contributed by atoms with E-state index in [1.165, 1.54) is 36.7 Å². The molecule has 1 aromatic carbocycles. The van der Waals surface area contributed by atoms with E-state index in [2.05, 4.69) is 15.5 Å². The van der Waals surface area contributed by atoms with Crippen molar-refractivity contribution in [2.45, 2.75) is 6.18 Å². The van der Waals surface area contributed by atoms with Gasteiger partial charge in [0.25, 0.3) is 5.91 Å². The Morgan fingerprint density at radius 2 is 1.90 bits per heavy atom. The molecule has 2 aromatic rings. The average molecular weight is 293 g/mol. The number of nitrogens with zero attached hydrogens (tertiary/aromatic N) is 2. The first-order chi connectivity index (χ1) is 9.97. The number of nitrogens with one attached hydrogen (secondary N) is 1. The van der Waals surface area contributed by atoms with Crippen LogP contribution in [0.15, 0.2) is 53.9 Å². The molecule has 1 N–H and O–H groups in total. The summed E-state index contributed by atoms with van der Waals surface area (Å²) in [4.78, 5) is 15.4. The second-order valence-corrected chi connectivity index (χ2v) is 4.06. The zero-order valence-electron chi connectivity index (χ0n) is 10.6. The first-order valence-corrected chi connectivity index (χ1v) is 5.87. The minimum Gasteiger partial charge on any atom is -0.267 e. The summed E-state index contributed by atoms with van der Waals surface area (Å²) in [6, 6.07) is 7.63. The molecule has 0 atom stereocenters. The lowest BCUT2D eigenvalue weighted by Gasteiger charge is -2.06. The quantitative estimate of drug-likeness (QED) is 0.699. The van der Waals surface area contributed by atoms with Crippen LogP contribution in [0.2, 0.25) is 0 Å². The van der Waals surface area contributed by atoms with Crippen molar-refractivity contribution in [1.29, 1.82) is 0 Å². The van der Waals surface area contributed by atoms with E-state index in [0.717, 1.165) is 18.3 Å². The summed E-state index contributed by atoms with van der Waals surface area (Å²) in [6.07, 6.45) is -0.366. The molecule has 7 heteroatoms. The third kappa shape index (κ3) is 4.13. The Balaban J connectivity index is 2.04. The van der Waals surface area contributed by atoms with E-state index in [4.69, 9.17) is 0 Å². The zero-order chi connectivity index (χ0) is 15.3. The third-order valence-electron chi connectivity index (χ3n) is 2.54. The average Bonchev–Trinajstić information content (AvgIpc) is 2.47. The highest BCUT2D eigenvalue weighted by Gasteiger charge is 2.30. The highest BCUT2D eigenvalue weighted by Crippen LogP contribution is 2.29. The topological polar surface area (TPSA) is 54.4 Å². The highest BCUT2D eigenvalue weighted by atomic mass is 19.4. The van der Waals surface area contributed by atoms with Crippen molar-refractivity contribution in [2.75, 3.05) is 0 Å². The van der Waals surface area contributed by atoms with Crippen molar-refractivity contribution >= 4 is 12.1 Å². The van der Waals surface area contributed by atoms with E-state index >= 15 is 0 Å². The number of hydrogen-bond donors (Lipinski definition) is 1. The maximum Gasteiger partial charge on any atom is 0.416 e. The summed E-state index contributed by atoms with van der Waals surface area (Å²) in [7, 11) is 0. The molecule has 0 fully saturated rings. The van der Waals surface area contributed by atoms with Gasteiger partial charge in [0, 0.05) is 18.0 Å². The molecule has 1 amide bonds. The minimum absolute atomic E-state index is 0.236. The maximum absolute atomic E-state index is 12.5. The molecular formula is C14H10F3N3O. The van der Waals surface area contributed by atoms with Crippen LogP contribution in [0.4, 0.5) is 13.2 Å². The zero-order valence-corrected chi connectivity index (χ0v) is 10.6. The molecule has 0 aliphatic rings. The van der Waals surface area contributed by atoms with E-state index in [1.807, 2.05) is 0 Å². The summed E-state index contributed by atoms with van der Waals surface area (Å²) in [5, 5.41) is 3.63. The minimum atomic E-state index is -4.41. The highest BCUT2D eigenvalue weighted by molar-refractivity contribution is 5.94. The van der Waals surface area contributed by atoms with Gasteiger partial charge in [-0.05, 0) is 29.8 Å². The largest absolute Gasteiger partial charge is 0.416 e. The molecule has 0 aliphatic heterocycles. The van der Waals surface area contributed by atoms with E-state index in [9.17, 15) is 18.0 Å². The number of alkyl halides is 3. The number of benzene rings is 1. The van der Waals surface area contributed by atoms with Gasteiger partial charge in [-0.2, -0.15) is 18.3 Å². The first kappa shape index (κ1) is 14.7. The smallest absolute Gasteiger partial charge is 0.267 e. The second kappa shape index (κ2) is 6.17. The van der Waals surface area contributed by atoms with Gasteiger partial charge in [0.1, 0.15) is 0 Å². The summed E-state index contributed by atoms with van der Waals surface area (Å²) >= 11 is 0. The summed E-state index contributed by atoms with van der Waals surface area (Å²) < 4.78 is 37.6. The Kier molecular flexibility index (Phi) is 4.32. The van der Waals surface area contributed by atoms with Crippen LogP contribution in [0.25, 0.3) is 0 Å². The number of aromatic nitrogens is 1. The standard InChI is InChI=1S/C14H10F3N3O/c15-14(16,17)12-3-1-2-10(8-12)9-19-20-13(21)11-4-6-18-7-5-11/h1-9H,(H,20,21)/b19-9-. The van der Waals surface area contributed by atoms with E-state index < -0.39 is 17.6 Å². The van der Waals surface area contributed by atoms with Crippen LogP contribution in [0.1, 0.15) is 21.5 Å².